The van der Waals surface area contributed by atoms with Gasteiger partial charge in [-0.1, -0.05) is 30.3 Å². The van der Waals surface area contributed by atoms with E-state index in [1.165, 1.54) is 0 Å². The predicted octanol–water partition coefficient (Wildman–Crippen LogP) is 2.13. The van der Waals surface area contributed by atoms with Crippen LogP contribution in [0.15, 0.2) is 46.4 Å². The molecule has 2 aliphatic rings. The molecule has 0 unspecified atom stereocenters. The van der Waals surface area contributed by atoms with Gasteiger partial charge in [-0.05, 0) is 6.92 Å². The van der Waals surface area contributed by atoms with Crippen LogP contribution in [0.25, 0.3) is 11.3 Å². The SMILES string of the molecule is CC1=Nc2cc(-c3ccccc3)nn2C2=NCCN12. The molecule has 5 nitrogen and oxygen atoms in total. The fourth-order valence-electron chi connectivity index (χ4n) is 2.50. The normalized spacial score (nSPS) is 16.8. The quantitative estimate of drug-likeness (QED) is 0.779. The van der Waals surface area contributed by atoms with Crippen molar-refractivity contribution in [1.82, 2.24) is 14.7 Å². The number of hydrogen-bond acceptors (Lipinski definition) is 4. The number of rotatable bonds is 1. The van der Waals surface area contributed by atoms with Crippen molar-refractivity contribution < 1.29 is 0 Å². The lowest BCUT2D eigenvalue weighted by atomic mass is 10.2. The van der Waals surface area contributed by atoms with Crippen LogP contribution in [-0.4, -0.2) is 39.6 Å². The Hall–Kier alpha value is -2.43. The summed E-state index contributed by atoms with van der Waals surface area (Å²) in [4.78, 5) is 11.2. The van der Waals surface area contributed by atoms with Crippen molar-refractivity contribution in [3.8, 4) is 11.3 Å². The molecule has 3 heterocycles. The molecule has 2 aliphatic heterocycles. The van der Waals surface area contributed by atoms with Crippen LogP contribution in [0.1, 0.15) is 6.92 Å². The third-order valence-electron chi connectivity index (χ3n) is 3.43. The van der Waals surface area contributed by atoms with Gasteiger partial charge >= 0.3 is 0 Å². The number of benzene rings is 1. The second-order valence-electron chi connectivity index (χ2n) is 4.66. The average molecular weight is 251 g/mol. The molecule has 2 aromatic rings. The molecule has 19 heavy (non-hydrogen) atoms. The van der Waals surface area contributed by atoms with Crippen molar-refractivity contribution in [2.45, 2.75) is 6.92 Å². The van der Waals surface area contributed by atoms with E-state index < -0.39 is 0 Å². The van der Waals surface area contributed by atoms with Gasteiger partial charge in [0.2, 0.25) is 5.96 Å². The van der Waals surface area contributed by atoms with Gasteiger partial charge in [-0.25, -0.2) is 9.98 Å². The van der Waals surface area contributed by atoms with Crippen LogP contribution in [-0.2, 0) is 0 Å². The zero-order valence-electron chi connectivity index (χ0n) is 10.6. The summed E-state index contributed by atoms with van der Waals surface area (Å²) in [6.45, 7) is 3.71. The van der Waals surface area contributed by atoms with E-state index >= 15 is 0 Å². The Kier molecular flexibility index (Phi) is 2.09. The van der Waals surface area contributed by atoms with Crippen LogP contribution in [0.4, 0.5) is 5.82 Å². The van der Waals surface area contributed by atoms with Crippen molar-refractivity contribution in [2.24, 2.45) is 9.98 Å². The fourth-order valence-corrected chi connectivity index (χ4v) is 2.50. The Morgan fingerprint density at radius 1 is 1.16 bits per heavy atom. The van der Waals surface area contributed by atoms with Gasteiger partial charge in [0, 0.05) is 18.2 Å². The Labute approximate surface area is 110 Å². The molecule has 0 saturated carbocycles. The van der Waals surface area contributed by atoms with Gasteiger partial charge in [-0.2, -0.15) is 9.78 Å². The summed E-state index contributed by atoms with van der Waals surface area (Å²) in [7, 11) is 0. The van der Waals surface area contributed by atoms with E-state index in [-0.39, 0.29) is 0 Å². The molecular formula is C14H13N5. The number of fused-ring (bicyclic) bond motifs is 3. The first-order valence-electron chi connectivity index (χ1n) is 6.36. The molecule has 0 aliphatic carbocycles. The summed E-state index contributed by atoms with van der Waals surface area (Å²) in [5.41, 5.74) is 2.03. The van der Waals surface area contributed by atoms with Crippen LogP contribution in [0.3, 0.4) is 0 Å². The lowest BCUT2D eigenvalue weighted by Gasteiger charge is -2.23. The molecule has 1 aromatic heterocycles. The second kappa shape index (κ2) is 3.78. The molecular weight excluding hydrogens is 238 g/mol. The molecule has 0 amide bonds. The van der Waals surface area contributed by atoms with E-state index in [1.54, 1.807) is 0 Å². The van der Waals surface area contributed by atoms with E-state index in [4.69, 9.17) is 0 Å². The van der Waals surface area contributed by atoms with Crippen molar-refractivity contribution in [3.05, 3.63) is 36.4 Å². The van der Waals surface area contributed by atoms with E-state index in [2.05, 4.69) is 32.1 Å². The Bertz CT molecular complexity index is 696. The molecule has 0 spiro atoms. The topological polar surface area (TPSA) is 45.8 Å². The molecule has 0 radical (unpaired) electrons. The maximum atomic E-state index is 4.64. The maximum Gasteiger partial charge on any atom is 0.229 e. The highest BCUT2D eigenvalue weighted by molar-refractivity contribution is 6.05. The van der Waals surface area contributed by atoms with Crippen molar-refractivity contribution >= 4 is 17.6 Å². The van der Waals surface area contributed by atoms with E-state index in [9.17, 15) is 0 Å². The molecule has 0 bridgehead atoms. The first-order chi connectivity index (χ1) is 9.33. The third-order valence-corrected chi connectivity index (χ3v) is 3.43. The Morgan fingerprint density at radius 2 is 2.00 bits per heavy atom. The minimum Gasteiger partial charge on any atom is -0.297 e. The lowest BCUT2D eigenvalue weighted by Crippen LogP contribution is -2.39. The van der Waals surface area contributed by atoms with E-state index in [1.807, 2.05) is 35.9 Å². The summed E-state index contributed by atoms with van der Waals surface area (Å²) >= 11 is 0. The van der Waals surface area contributed by atoms with Crippen molar-refractivity contribution in [2.75, 3.05) is 13.1 Å². The molecule has 0 saturated heterocycles. The third kappa shape index (κ3) is 1.51. The summed E-state index contributed by atoms with van der Waals surface area (Å²) in [6, 6.07) is 12.2. The highest BCUT2D eigenvalue weighted by Gasteiger charge is 2.28. The molecule has 0 N–H and O–H groups in total. The zero-order valence-corrected chi connectivity index (χ0v) is 10.6. The smallest absolute Gasteiger partial charge is 0.229 e. The highest BCUT2D eigenvalue weighted by atomic mass is 15.5. The highest BCUT2D eigenvalue weighted by Crippen LogP contribution is 2.27. The van der Waals surface area contributed by atoms with Crippen LogP contribution in [0.2, 0.25) is 0 Å². The molecule has 5 heteroatoms. The van der Waals surface area contributed by atoms with Gasteiger partial charge in [0.1, 0.15) is 5.84 Å². The van der Waals surface area contributed by atoms with Gasteiger partial charge < -0.3 is 0 Å². The van der Waals surface area contributed by atoms with E-state index in [0.29, 0.717) is 0 Å². The van der Waals surface area contributed by atoms with Gasteiger partial charge in [-0.15, -0.1) is 0 Å². The van der Waals surface area contributed by atoms with Gasteiger partial charge in [0.15, 0.2) is 5.82 Å². The first kappa shape index (κ1) is 10.5. The molecule has 1 aromatic carbocycles. The Morgan fingerprint density at radius 3 is 2.84 bits per heavy atom. The maximum absolute atomic E-state index is 4.64. The number of hydrogen-bond donors (Lipinski definition) is 0. The first-order valence-corrected chi connectivity index (χ1v) is 6.36. The number of amidine groups is 1. The summed E-state index contributed by atoms with van der Waals surface area (Å²) < 4.78 is 1.84. The minimum atomic E-state index is 0.808. The van der Waals surface area contributed by atoms with Gasteiger partial charge in [-0.3, -0.25) is 4.90 Å². The van der Waals surface area contributed by atoms with Crippen molar-refractivity contribution in [3.63, 3.8) is 0 Å². The van der Waals surface area contributed by atoms with Crippen LogP contribution < -0.4 is 0 Å². The Balaban J connectivity index is 1.87. The second-order valence-corrected chi connectivity index (χ2v) is 4.66. The largest absolute Gasteiger partial charge is 0.297 e. The minimum absolute atomic E-state index is 0.808. The van der Waals surface area contributed by atoms with Crippen molar-refractivity contribution in [1.29, 1.82) is 0 Å². The molecule has 0 atom stereocenters. The van der Waals surface area contributed by atoms with Gasteiger partial charge in [0.25, 0.3) is 0 Å². The van der Waals surface area contributed by atoms with E-state index in [0.717, 1.165) is 42.0 Å². The summed E-state index contributed by atoms with van der Waals surface area (Å²) in [5.74, 6) is 2.74. The van der Waals surface area contributed by atoms with Gasteiger partial charge in [0.05, 0.1) is 12.2 Å². The lowest BCUT2D eigenvalue weighted by molar-refractivity contribution is 0.618. The molecule has 0 fully saturated rings. The monoisotopic (exact) mass is 251 g/mol. The predicted molar refractivity (Wildman–Crippen MR) is 74.8 cm³/mol. The number of nitrogens with zero attached hydrogens (tertiary/aromatic N) is 5. The molecule has 4 rings (SSSR count). The average Bonchev–Trinajstić information content (AvgIpc) is 3.05. The number of aromatic nitrogens is 2. The number of aliphatic imine (C=N–C) groups is 2. The summed E-state index contributed by atoms with van der Waals surface area (Å²) in [5, 5.41) is 4.64. The zero-order chi connectivity index (χ0) is 12.8. The molecule has 94 valence electrons. The summed E-state index contributed by atoms with van der Waals surface area (Å²) in [6.07, 6.45) is 0. The standard InChI is InChI=1S/C14H13N5/c1-10-16-13-9-12(11-5-3-2-4-6-11)17-19(13)14-15-7-8-18(10)14/h2-6,9H,7-8H2,1H3. The van der Waals surface area contributed by atoms with Crippen LogP contribution in [0.5, 0.6) is 0 Å². The van der Waals surface area contributed by atoms with Crippen LogP contribution in [0, 0.1) is 0 Å². The fraction of sp³-hybridized carbons (Fsp3) is 0.214. The van der Waals surface area contributed by atoms with Crippen LogP contribution >= 0.6 is 0 Å².